The number of hydrogen-bond donors (Lipinski definition) is 0. The van der Waals surface area contributed by atoms with Crippen LogP contribution in [0.2, 0.25) is 0 Å². The van der Waals surface area contributed by atoms with Gasteiger partial charge in [-0.15, -0.1) is 16.9 Å². The maximum absolute atomic E-state index is 12.1. The lowest BCUT2D eigenvalue weighted by Gasteiger charge is -2.45. The summed E-state index contributed by atoms with van der Waals surface area (Å²) in [5, 5.41) is 8.46. The summed E-state index contributed by atoms with van der Waals surface area (Å²) in [6.07, 6.45) is -1.14. The molecule has 0 bridgehead atoms. The molecule has 1 saturated heterocycles. The van der Waals surface area contributed by atoms with Crippen LogP contribution in [0.5, 0.6) is 0 Å². The van der Waals surface area contributed by atoms with Crippen LogP contribution in [0.4, 0.5) is 0 Å². The lowest BCUT2D eigenvalue weighted by molar-refractivity contribution is -0.247. The van der Waals surface area contributed by atoms with Crippen molar-refractivity contribution in [3.05, 3.63) is 78.1 Å². The molecule has 0 amide bonds. The van der Waals surface area contributed by atoms with Crippen LogP contribution >= 0.6 is 11.8 Å². The van der Waals surface area contributed by atoms with Crippen LogP contribution in [-0.4, -0.2) is 69.1 Å². The molecule has 1 fully saturated rings. The number of esters is 2. The summed E-state index contributed by atoms with van der Waals surface area (Å²) >= 11 is 1.53. The number of thioether (sulfide) groups is 1. The van der Waals surface area contributed by atoms with E-state index in [1.54, 1.807) is 10.9 Å². The molecule has 0 unspecified atom stereocenters. The Labute approximate surface area is 231 Å². The van der Waals surface area contributed by atoms with E-state index in [4.69, 9.17) is 23.7 Å². The first kappa shape index (κ1) is 28.8. The van der Waals surface area contributed by atoms with E-state index in [0.29, 0.717) is 5.69 Å². The zero-order chi connectivity index (χ0) is 27.6. The van der Waals surface area contributed by atoms with Gasteiger partial charge in [-0.1, -0.05) is 60.7 Å². The molecule has 1 aliphatic rings. The first-order valence-corrected chi connectivity index (χ1v) is 13.8. The van der Waals surface area contributed by atoms with Gasteiger partial charge < -0.3 is 23.7 Å². The van der Waals surface area contributed by atoms with Crippen LogP contribution in [0, 0.1) is 0 Å². The Hall–Kier alpha value is -3.25. The van der Waals surface area contributed by atoms with Gasteiger partial charge in [0.1, 0.15) is 36.0 Å². The number of nitrogens with zero attached hydrogens (tertiary/aromatic N) is 3. The van der Waals surface area contributed by atoms with E-state index in [1.165, 1.54) is 25.6 Å². The Balaban J connectivity index is 1.58. The maximum atomic E-state index is 12.1. The molecule has 10 nitrogen and oxygen atoms in total. The molecule has 0 aliphatic carbocycles. The average Bonchev–Trinajstić information content (AvgIpc) is 3.41. The van der Waals surface area contributed by atoms with Crippen molar-refractivity contribution in [1.29, 1.82) is 0 Å². The minimum Gasteiger partial charge on any atom is -0.463 e. The van der Waals surface area contributed by atoms with E-state index in [-0.39, 0.29) is 19.8 Å². The molecule has 0 spiro atoms. The summed E-state index contributed by atoms with van der Waals surface area (Å²) in [7, 11) is 0. The molecular weight excluding hydrogens is 522 g/mol. The fourth-order valence-electron chi connectivity index (χ4n) is 4.23. The maximum Gasteiger partial charge on any atom is 0.303 e. The monoisotopic (exact) mass is 555 g/mol. The third-order valence-corrected chi connectivity index (χ3v) is 6.99. The summed E-state index contributed by atoms with van der Waals surface area (Å²) in [6, 6.07) is 19.3. The third kappa shape index (κ3) is 8.12. The number of rotatable bonds is 12. The first-order chi connectivity index (χ1) is 18.9. The zero-order valence-corrected chi connectivity index (χ0v) is 23.0. The van der Waals surface area contributed by atoms with Gasteiger partial charge in [-0.05, 0) is 23.4 Å². The smallest absolute Gasteiger partial charge is 0.303 e. The summed E-state index contributed by atoms with van der Waals surface area (Å²) in [6.45, 7) is 4.96. The highest BCUT2D eigenvalue weighted by molar-refractivity contribution is 7.99. The van der Waals surface area contributed by atoms with Crippen LogP contribution in [-0.2, 0) is 46.5 Å². The largest absolute Gasteiger partial charge is 0.463 e. The summed E-state index contributed by atoms with van der Waals surface area (Å²) in [4.78, 5) is 23.7. The molecule has 4 rings (SSSR count). The Morgan fingerprint density at radius 2 is 1.62 bits per heavy atom. The van der Waals surface area contributed by atoms with Gasteiger partial charge in [0.05, 0.1) is 25.1 Å². The molecule has 208 valence electrons. The van der Waals surface area contributed by atoms with Crippen molar-refractivity contribution in [3.8, 4) is 5.69 Å². The number of aromatic nitrogens is 3. The van der Waals surface area contributed by atoms with Crippen molar-refractivity contribution in [3.63, 3.8) is 0 Å². The molecule has 2 aromatic carbocycles. The molecule has 3 aromatic rings. The quantitative estimate of drug-likeness (QED) is 0.307. The van der Waals surface area contributed by atoms with E-state index in [1.807, 2.05) is 67.6 Å². The second-order valence-electron chi connectivity index (χ2n) is 8.90. The minimum absolute atomic E-state index is 0.0859. The van der Waals surface area contributed by atoms with Crippen LogP contribution in [0.3, 0.4) is 0 Å². The molecule has 0 N–H and O–H groups in total. The number of ether oxygens (including phenoxy) is 5. The van der Waals surface area contributed by atoms with Gasteiger partial charge in [-0.25, -0.2) is 4.68 Å². The van der Waals surface area contributed by atoms with Crippen molar-refractivity contribution < 1.29 is 33.3 Å². The van der Waals surface area contributed by atoms with Gasteiger partial charge in [0.2, 0.25) is 0 Å². The third-order valence-electron chi connectivity index (χ3n) is 5.95. The predicted molar refractivity (Wildman–Crippen MR) is 144 cm³/mol. The van der Waals surface area contributed by atoms with Crippen molar-refractivity contribution in [2.45, 2.75) is 63.8 Å². The molecule has 39 heavy (non-hydrogen) atoms. The molecule has 1 aromatic heterocycles. The highest BCUT2D eigenvalue weighted by Crippen LogP contribution is 2.35. The van der Waals surface area contributed by atoms with Gasteiger partial charge in [0.15, 0.2) is 6.10 Å². The first-order valence-electron chi connectivity index (χ1n) is 12.8. The second kappa shape index (κ2) is 14.2. The van der Waals surface area contributed by atoms with E-state index >= 15 is 0 Å². The van der Waals surface area contributed by atoms with Crippen LogP contribution in [0.25, 0.3) is 5.69 Å². The zero-order valence-electron chi connectivity index (χ0n) is 22.2. The fraction of sp³-hybridized carbons (Fsp3) is 0.429. The predicted octanol–water partition coefficient (Wildman–Crippen LogP) is 3.71. The molecule has 1 aliphatic heterocycles. The van der Waals surface area contributed by atoms with E-state index in [2.05, 4.69) is 10.3 Å². The molecule has 5 atom stereocenters. The number of hydrogen-bond acceptors (Lipinski definition) is 10. The highest BCUT2D eigenvalue weighted by Gasteiger charge is 2.50. The summed E-state index contributed by atoms with van der Waals surface area (Å²) in [5.41, 5.74) is 1.97. The topological polar surface area (TPSA) is 111 Å². The van der Waals surface area contributed by atoms with Gasteiger partial charge in [-0.3, -0.25) is 9.59 Å². The van der Waals surface area contributed by atoms with Gasteiger partial charge >= 0.3 is 11.9 Å². The number of carbonyl (C=O) groups is 2. The number of benzene rings is 2. The van der Waals surface area contributed by atoms with Gasteiger partial charge in [0.25, 0.3) is 0 Å². The Morgan fingerprint density at radius 3 is 2.28 bits per heavy atom. The lowest BCUT2D eigenvalue weighted by atomic mass is 9.99. The van der Waals surface area contributed by atoms with Gasteiger partial charge in [0, 0.05) is 13.8 Å². The Morgan fingerprint density at radius 1 is 0.923 bits per heavy atom. The standard InChI is InChI=1S/C28H33N3O7S/c1-4-39-28-27(36-17-22-15-31(30-29-22)23-13-9-6-10-14-23)26(35-16-21-11-7-5-8-12-21)25(37-20(3)33)24(38-28)18-34-19(2)32/h5-15,24-28H,4,16-18H2,1-3H3/t24-,25-,26+,27-,28+/m1/s1. The Kier molecular flexibility index (Phi) is 10.5. The van der Waals surface area contributed by atoms with Crippen molar-refractivity contribution in [2.24, 2.45) is 0 Å². The van der Waals surface area contributed by atoms with E-state index < -0.39 is 41.8 Å². The molecule has 11 heteroatoms. The van der Waals surface area contributed by atoms with Crippen molar-refractivity contribution in [2.75, 3.05) is 12.4 Å². The molecule has 2 heterocycles. The van der Waals surface area contributed by atoms with Crippen molar-refractivity contribution >= 4 is 23.7 Å². The average molecular weight is 556 g/mol. The van der Waals surface area contributed by atoms with Gasteiger partial charge in [-0.2, -0.15) is 0 Å². The molecule has 0 radical (unpaired) electrons. The van der Waals surface area contributed by atoms with E-state index in [0.717, 1.165) is 17.0 Å². The second-order valence-corrected chi connectivity index (χ2v) is 10.3. The van der Waals surface area contributed by atoms with Crippen LogP contribution < -0.4 is 0 Å². The molecule has 0 saturated carbocycles. The van der Waals surface area contributed by atoms with Crippen LogP contribution in [0.1, 0.15) is 32.0 Å². The number of para-hydroxylation sites is 1. The summed E-state index contributed by atoms with van der Waals surface area (Å²) < 4.78 is 31.7. The SMILES string of the molecule is CCS[C@@H]1O[C@H](COC(C)=O)[C@@H](OC(C)=O)[C@H](OCc2ccccc2)[C@H]1OCc1cn(-c2ccccc2)nn1. The number of carbonyl (C=O) groups excluding carboxylic acids is 2. The molecular formula is C28H33N3O7S. The lowest BCUT2D eigenvalue weighted by Crippen LogP contribution is -2.60. The fourth-order valence-corrected chi connectivity index (χ4v) is 5.20. The van der Waals surface area contributed by atoms with Crippen LogP contribution in [0.15, 0.2) is 66.9 Å². The Bertz CT molecular complexity index is 1190. The van der Waals surface area contributed by atoms with E-state index in [9.17, 15) is 9.59 Å². The van der Waals surface area contributed by atoms with Crippen molar-refractivity contribution in [1.82, 2.24) is 15.0 Å². The highest BCUT2D eigenvalue weighted by atomic mass is 32.2. The summed E-state index contributed by atoms with van der Waals surface area (Å²) in [5.74, 6) is -0.226. The minimum atomic E-state index is -0.871. The normalized spacial score (nSPS) is 22.8.